The molecule has 2 rings (SSSR count). The summed E-state index contributed by atoms with van der Waals surface area (Å²) in [6, 6.07) is 1.79. The second-order valence-corrected chi connectivity index (χ2v) is 5.19. The molecule has 1 aromatic heterocycles. The highest BCUT2D eigenvalue weighted by atomic mass is 16.1. The van der Waals surface area contributed by atoms with Gasteiger partial charge in [0.25, 0.3) is 5.91 Å². The largest absolute Gasteiger partial charge is 0.356 e. The number of aromatic nitrogens is 2. The number of carbonyl (C=O) groups is 1. The van der Waals surface area contributed by atoms with Gasteiger partial charge in [0.15, 0.2) is 0 Å². The summed E-state index contributed by atoms with van der Waals surface area (Å²) in [6.45, 7) is 7.00. The van der Waals surface area contributed by atoms with E-state index >= 15 is 0 Å². The summed E-state index contributed by atoms with van der Waals surface area (Å²) in [4.78, 5) is 22.4. The van der Waals surface area contributed by atoms with Crippen molar-refractivity contribution >= 4 is 11.7 Å². The van der Waals surface area contributed by atoms with Gasteiger partial charge in [-0.25, -0.2) is 9.97 Å². The molecule has 0 aromatic carbocycles. The van der Waals surface area contributed by atoms with Crippen molar-refractivity contribution in [2.75, 3.05) is 24.5 Å². The standard InChI is InChI=1S/C14H22N4O/c1-3-6-15-14(19)12-9-13(17-10-16-12)18-7-4-11(2)5-8-18/h9-11H,3-8H2,1-2H3,(H,15,19). The molecule has 0 aliphatic carbocycles. The zero-order chi connectivity index (χ0) is 13.7. The van der Waals surface area contributed by atoms with E-state index in [1.165, 1.54) is 19.2 Å². The van der Waals surface area contributed by atoms with E-state index in [1.54, 1.807) is 6.07 Å². The quantitative estimate of drug-likeness (QED) is 0.899. The predicted molar refractivity (Wildman–Crippen MR) is 75.3 cm³/mol. The van der Waals surface area contributed by atoms with Crippen LogP contribution < -0.4 is 10.2 Å². The predicted octanol–water partition coefficient (Wildman–Crippen LogP) is 1.85. The van der Waals surface area contributed by atoms with Crippen LogP contribution in [0.5, 0.6) is 0 Å². The highest BCUT2D eigenvalue weighted by molar-refractivity contribution is 5.92. The SMILES string of the molecule is CCCNC(=O)c1cc(N2CCC(C)CC2)ncn1. The molecule has 0 saturated carbocycles. The average Bonchev–Trinajstić information content (AvgIpc) is 2.45. The lowest BCUT2D eigenvalue weighted by molar-refractivity contribution is 0.0948. The van der Waals surface area contributed by atoms with Crippen LogP contribution in [0, 0.1) is 5.92 Å². The number of hydrogen-bond donors (Lipinski definition) is 1. The highest BCUT2D eigenvalue weighted by Gasteiger charge is 2.18. The average molecular weight is 262 g/mol. The molecule has 0 atom stereocenters. The van der Waals surface area contributed by atoms with Gasteiger partial charge in [-0.1, -0.05) is 13.8 Å². The van der Waals surface area contributed by atoms with Gasteiger partial charge < -0.3 is 10.2 Å². The number of nitrogens with one attached hydrogen (secondary N) is 1. The Labute approximate surface area is 114 Å². The first-order valence-electron chi connectivity index (χ1n) is 7.06. The number of piperidine rings is 1. The second kappa shape index (κ2) is 6.50. The van der Waals surface area contributed by atoms with Crippen molar-refractivity contribution in [3.63, 3.8) is 0 Å². The lowest BCUT2D eigenvalue weighted by atomic mass is 9.99. The molecular formula is C14H22N4O. The van der Waals surface area contributed by atoms with Crippen molar-refractivity contribution < 1.29 is 4.79 Å². The Morgan fingerprint density at radius 3 is 2.84 bits per heavy atom. The van der Waals surface area contributed by atoms with Gasteiger partial charge in [-0.15, -0.1) is 0 Å². The van der Waals surface area contributed by atoms with Crippen LogP contribution in [0.3, 0.4) is 0 Å². The lowest BCUT2D eigenvalue weighted by Crippen LogP contribution is -2.34. The number of amides is 1. The molecule has 1 aliphatic rings. The van der Waals surface area contributed by atoms with Crippen LogP contribution in [0.25, 0.3) is 0 Å². The Kier molecular flexibility index (Phi) is 4.71. The Bertz CT molecular complexity index is 427. The van der Waals surface area contributed by atoms with Crippen LogP contribution in [0.1, 0.15) is 43.6 Å². The molecule has 19 heavy (non-hydrogen) atoms. The Balaban J connectivity index is 2.04. The van der Waals surface area contributed by atoms with Crippen LogP contribution in [0.2, 0.25) is 0 Å². The van der Waals surface area contributed by atoms with Crippen molar-refractivity contribution in [2.24, 2.45) is 5.92 Å². The van der Waals surface area contributed by atoms with Gasteiger partial charge in [-0.3, -0.25) is 4.79 Å². The van der Waals surface area contributed by atoms with Crippen molar-refractivity contribution in [1.29, 1.82) is 0 Å². The van der Waals surface area contributed by atoms with Gasteiger partial charge in [0, 0.05) is 25.7 Å². The molecule has 0 spiro atoms. The monoisotopic (exact) mass is 262 g/mol. The second-order valence-electron chi connectivity index (χ2n) is 5.19. The third kappa shape index (κ3) is 3.66. The molecule has 2 heterocycles. The molecule has 1 amide bonds. The van der Waals surface area contributed by atoms with E-state index < -0.39 is 0 Å². The van der Waals surface area contributed by atoms with Crippen LogP contribution in [-0.2, 0) is 0 Å². The Morgan fingerprint density at radius 2 is 2.16 bits per heavy atom. The molecule has 1 aromatic rings. The van der Waals surface area contributed by atoms with Gasteiger partial charge in [0.05, 0.1) is 0 Å². The van der Waals surface area contributed by atoms with Crippen LogP contribution >= 0.6 is 0 Å². The lowest BCUT2D eigenvalue weighted by Gasteiger charge is -2.31. The first-order valence-corrected chi connectivity index (χ1v) is 7.06. The zero-order valence-electron chi connectivity index (χ0n) is 11.7. The fraction of sp³-hybridized carbons (Fsp3) is 0.643. The highest BCUT2D eigenvalue weighted by Crippen LogP contribution is 2.21. The van der Waals surface area contributed by atoms with E-state index in [1.807, 2.05) is 6.92 Å². The zero-order valence-corrected chi connectivity index (χ0v) is 11.7. The maximum absolute atomic E-state index is 11.9. The van der Waals surface area contributed by atoms with Crippen molar-refractivity contribution in [1.82, 2.24) is 15.3 Å². The maximum Gasteiger partial charge on any atom is 0.270 e. The minimum atomic E-state index is -0.115. The number of anilines is 1. The number of rotatable bonds is 4. The smallest absolute Gasteiger partial charge is 0.270 e. The summed E-state index contributed by atoms with van der Waals surface area (Å²) in [6.07, 6.45) is 4.77. The summed E-state index contributed by atoms with van der Waals surface area (Å²) in [5, 5.41) is 2.84. The van der Waals surface area contributed by atoms with Crippen molar-refractivity contribution in [3.05, 3.63) is 18.1 Å². The molecule has 0 unspecified atom stereocenters. The van der Waals surface area contributed by atoms with Gasteiger partial charge in [0.2, 0.25) is 0 Å². The number of carbonyl (C=O) groups excluding carboxylic acids is 1. The summed E-state index contributed by atoms with van der Waals surface area (Å²) in [7, 11) is 0. The Morgan fingerprint density at radius 1 is 1.42 bits per heavy atom. The van der Waals surface area contributed by atoms with Crippen LogP contribution in [0.15, 0.2) is 12.4 Å². The molecule has 0 bridgehead atoms. The molecule has 1 saturated heterocycles. The molecule has 0 radical (unpaired) electrons. The van der Waals surface area contributed by atoms with E-state index in [2.05, 4.69) is 27.1 Å². The molecule has 1 N–H and O–H groups in total. The minimum Gasteiger partial charge on any atom is -0.356 e. The summed E-state index contributed by atoms with van der Waals surface area (Å²) in [5.74, 6) is 1.53. The number of hydrogen-bond acceptors (Lipinski definition) is 4. The van der Waals surface area contributed by atoms with E-state index in [0.717, 1.165) is 31.2 Å². The molecule has 104 valence electrons. The molecule has 5 heteroatoms. The van der Waals surface area contributed by atoms with E-state index in [4.69, 9.17) is 0 Å². The van der Waals surface area contributed by atoms with E-state index in [0.29, 0.717) is 12.2 Å². The van der Waals surface area contributed by atoms with Crippen LogP contribution in [0.4, 0.5) is 5.82 Å². The summed E-state index contributed by atoms with van der Waals surface area (Å²) < 4.78 is 0. The van der Waals surface area contributed by atoms with Crippen LogP contribution in [-0.4, -0.2) is 35.5 Å². The third-order valence-corrected chi connectivity index (χ3v) is 3.53. The van der Waals surface area contributed by atoms with E-state index in [9.17, 15) is 4.79 Å². The molecule has 1 aliphatic heterocycles. The fourth-order valence-corrected chi connectivity index (χ4v) is 2.21. The first kappa shape index (κ1) is 13.8. The summed E-state index contributed by atoms with van der Waals surface area (Å²) in [5.41, 5.74) is 0.456. The molecule has 5 nitrogen and oxygen atoms in total. The third-order valence-electron chi connectivity index (χ3n) is 3.53. The van der Waals surface area contributed by atoms with E-state index in [-0.39, 0.29) is 5.91 Å². The normalized spacial score (nSPS) is 16.4. The molecule has 1 fully saturated rings. The maximum atomic E-state index is 11.9. The van der Waals surface area contributed by atoms with Gasteiger partial charge in [-0.2, -0.15) is 0 Å². The van der Waals surface area contributed by atoms with Gasteiger partial charge >= 0.3 is 0 Å². The molecular weight excluding hydrogens is 240 g/mol. The first-order chi connectivity index (χ1) is 9.20. The van der Waals surface area contributed by atoms with Crippen molar-refractivity contribution in [3.8, 4) is 0 Å². The van der Waals surface area contributed by atoms with Gasteiger partial charge in [0.1, 0.15) is 17.8 Å². The summed E-state index contributed by atoms with van der Waals surface area (Å²) >= 11 is 0. The number of nitrogens with zero attached hydrogens (tertiary/aromatic N) is 3. The minimum absolute atomic E-state index is 0.115. The fourth-order valence-electron chi connectivity index (χ4n) is 2.21. The topological polar surface area (TPSA) is 58.1 Å². The van der Waals surface area contributed by atoms with Gasteiger partial charge in [-0.05, 0) is 25.2 Å². The van der Waals surface area contributed by atoms with Crippen molar-refractivity contribution in [2.45, 2.75) is 33.1 Å². The Hall–Kier alpha value is -1.65.